The molecule has 0 radical (unpaired) electrons. The van der Waals surface area contributed by atoms with Gasteiger partial charge in [-0.05, 0) is 31.0 Å². The lowest BCUT2D eigenvalue weighted by Gasteiger charge is -2.19. The van der Waals surface area contributed by atoms with Crippen LogP contribution in [-0.4, -0.2) is 42.6 Å². The van der Waals surface area contributed by atoms with E-state index in [1.165, 1.54) is 4.31 Å². The van der Waals surface area contributed by atoms with Gasteiger partial charge >= 0.3 is 0 Å². The van der Waals surface area contributed by atoms with Crippen molar-refractivity contribution >= 4 is 10.0 Å². The molecule has 0 aromatic heterocycles. The van der Waals surface area contributed by atoms with Crippen LogP contribution < -0.4 is 5.32 Å². The number of benzene rings is 1. The van der Waals surface area contributed by atoms with Crippen molar-refractivity contribution in [3.05, 3.63) is 29.8 Å². The number of hydrogen-bond donors (Lipinski definition) is 2. The number of nitrogens with one attached hydrogen (secondary N) is 1. The predicted octanol–water partition coefficient (Wildman–Crippen LogP) is 1.33. The Kier molecular flexibility index (Phi) is 4.72. The van der Waals surface area contributed by atoms with Crippen molar-refractivity contribution in [2.75, 3.05) is 13.1 Å². The number of sulfonamides is 1. The molecule has 5 nitrogen and oxygen atoms in total. The molecule has 0 amide bonds. The minimum atomic E-state index is -3.50. The highest BCUT2D eigenvalue weighted by molar-refractivity contribution is 7.89. The van der Waals surface area contributed by atoms with Crippen molar-refractivity contribution in [2.24, 2.45) is 0 Å². The van der Waals surface area contributed by atoms with Crippen LogP contribution >= 0.6 is 0 Å². The van der Waals surface area contributed by atoms with Gasteiger partial charge in [0, 0.05) is 25.7 Å². The molecule has 0 saturated carbocycles. The van der Waals surface area contributed by atoms with Crippen molar-refractivity contribution in [1.82, 2.24) is 9.62 Å². The maximum atomic E-state index is 12.5. The first-order valence-electron chi connectivity index (χ1n) is 7.26. The van der Waals surface area contributed by atoms with Crippen LogP contribution in [0.5, 0.6) is 0 Å². The zero-order valence-corrected chi connectivity index (χ0v) is 13.7. The third kappa shape index (κ3) is 4.03. The maximum absolute atomic E-state index is 12.5. The molecule has 1 aromatic rings. The molecule has 1 aromatic carbocycles. The summed E-state index contributed by atoms with van der Waals surface area (Å²) in [6, 6.07) is 7.33. The summed E-state index contributed by atoms with van der Waals surface area (Å²) >= 11 is 0. The van der Waals surface area contributed by atoms with Crippen LogP contribution in [-0.2, 0) is 16.6 Å². The van der Waals surface area contributed by atoms with Gasteiger partial charge in [-0.1, -0.05) is 26.0 Å². The van der Waals surface area contributed by atoms with Crippen LogP contribution in [0.25, 0.3) is 0 Å². The molecule has 0 aliphatic carbocycles. The highest BCUT2D eigenvalue weighted by atomic mass is 32.2. The monoisotopic (exact) mass is 312 g/mol. The molecule has 1 unspecified atom stereocenters. The smallest absolute Gasteiger partial charge is 0.243 e. The second-order valence-electron chi connectivity index (χ2n) is 6.27. The van der Waals surface area contributed by atoms with E-state index in [2.05, 4.69) is 19.2 Å². The fourth-order valence-electron chi connectivity index (χ4n) is 2.36. The third-order valence-corrected chi connectivity index (χ3v) is 5.55. The molecular formula is C15H24N2O3S. The van der Waals surface area contributed by atoms with Crippen LogP contribution in [0.4, 0.5) is 0 Å². The van der Waals surface area contributed by atoms with Gasteiger partial charge in [-0.15, -0.1) is 0 Å². The number of β-amino-alcohol motifs (C(OH)–C–C–N with tert-alkyl or cyclic N) is 1. The van der Waals surface area contributed by atoms with E-state index in [1.807, 2.05) is 12.1 Å². The standard InChI is InChI=1S/C15H24N2O3S/c1-12(2)16-10-13-4-6-14(7-5-13)21(19,20)17-9-8-15(3,18)11-17/h4-7,12,16,18H,8-11H2,1-3H3. The molecule has 2 rings (SSSR count). The normalized spacial score (nSPS) is 23.9. The summed E-state index contributed by atoms with van der Waals surface area (Å²) in [5.41, 5.74) is 0.129. The van der Waals surface area contributed by atoms with Gasteiger partial charge in [0.1, 0.15) is 0 Å². The molecule has 21 heavy (non-hydrogen) atoms. The average molecular weight is 312 g/mol. The molecule has 118 valence electrons. The van der Waals surface area contributed by atoms with Gasteiger partial charge in [-0.2, -0.15) is 4.31 Å². The second-order valence-corrected chi connectivity index (χ2v) is 8.20. The predicted molar refractivity (Wildman–Crippen MR) is 82.4 cm³/mol. The second kappa shape index (κ2) is 6.04. The summed E-state index contributed by atoms with van der Waals surface area (Å²) in [6.45, 7) is 7.05. The summed E-state index contributed by atoms with van der Waals surface area (Å²) in [6.07, 6.45) is 0.475. The zero-order valence-electron chi connectivity index (χ0n) is 12.8. The van der Waals surface area contributed by atoms with Crippen LogP contribution in [0.15, 0.2) is 29.2 Å². The van der Waals surface area contributed by atoms with E-state index in [0.717, 1.165) is 12.1 Å². The Bertz CT molecular complexity index is 579. The van der Waals surface area contributed by atoms with E-state index >= 15 is 0 Å². The van der Waals surface area contributed by atoms with Crippen molar-refractivity contribution < 1.29 is 13.5 Å². The van der Waals surface area contributed by atoms with E-state index in [1.54, 1.807) is 19.1 Å². The molecular weight excluding hydrogens is 288 g/mol. The lowest BCUT2D eigenvalue weighted by Crippen LogP contribution is -2.33. The third-order valence-electron chi connectivity index (χ3n) is 3.69. The first-order chi connectivity index (χ1) is 9.71. The lowest BCUT2D eigenvalue weighted by atomic mass is 10.1. The first kappa shape index (κ1) is 16.4. The molecule has 1 fully saturated rings. The van der Waals surface area contributed by atoms with E-state index in [4.69, 9.17) is 0 Å². The maximum Gasteiger partial charge on any atom is 0.243 e. The van der Waals surface area contributed by atoms with Crippen molar-refractivity contribution in [3.8, 4) is 0 Å². The molecule has 1 aliphatic rings. The number of nitrogens with zero attached hydrogens (tertiary/aromatic N) is 1. The van der Waals surface area contributed by atoms with E-state index in [-0.39, 0.29) is 11.4 Å². The Morgan fingerprint density at radius 2 is 1.95 bits per heavy atom. The minimum absolute atomic E-state index is 0.159. The molecule has 6 heteroatoms. The molecule has 1 saturated heterocycles. The fraction of sp³-hybridized carbons (Fsp3) is 0.600. The van der Waals surface area contributed by atoms with Crippen LogP contribution in [0.3, 0.4) is 0 Å². The van der Waals surface area contributed by atoms with E-state index in [0.29, 0.717) is 19.0 Å². The highest BCUT2D eigenvalue weighted by Crippen LogP contribution is 2.26. The number of aliphatic hydroxyl groups is 1. The summed E-state index contributed by atoms with van der Waals surface area (Å²) in [5, 5.41) is 13.2. The van der Waals surface area contributed by atoms with Crippen molar-refractivity contribution in [1.29, 1.82) is 0 Å². The number of hydrogen-bond acceptors (Lipinski definition) is 4. The van der Waals surface area contributed by atoms with E-state index < -0.39 is 15.6 Å². The van der Waals surface area contributed by atoms with Gasteiger partial charge in [-0.3, -0.25) is 0 Å². The Balaban J connectivity index is 2.11. The van der Waals surface area contributed by atoms with Crippen LogP contribution in [0, 0.1) is 0 Å². The van der Waals surface area contributed by atoms with E-state index in [9.17, 15) is 13.5 Å². The highest BCUT2D eigenvalue weighted by Gasteiger charge is 2.38. The van der Waals surface area contributed by atoms with Gasteiger partial charge in [0.05, 0.1) is 10.5 Å². The molecule has 0 spiro atoms. The molecule has 0 bridgehead atoms. The average Bonchev–Trinajstić information content (AvgIpc) is 2.78. The van der Waals surface area contributed by atoms with Crippen molar-refractivity contribution in [3.63, 3.8) is 0 Å². The van der Waals surface area contributed by atoms with Crippen molar-refractivity contribution in [2.45, 2.75) is 50.3 Å². The van der Waals surface area contributed by atoms with Gasteiger partial charge in [0.15, 0.2) is 0 Å². The minimum Gasteiger partial charge on any atom is -0.389 e. The molecule has 1 atom stereocenters. The summed E-state index contributed by atoms with van der Waals surface area (Å²) in [4.78, 5) is 0.286. The lowest BCUT2D eigenvalue weighted by molar-refractivity contribution is 0.0762. The van der Waals surface area contributed by atoms with Gasteiger partial charge in [-0.25, -0.2) is 8.42 Å². The van der Waals surface area contributed by atoms with Crippen LogP contribution in [0.2, 0.25) is 0 Å². The summed E-state index contributed by atoms with van der Waals surface area (Å²) < 4.78 is 26.4. The number of rotatable bonds is 5. The van der Waals surface area contributed by atoms with Gasteiger partial charge in [0.25, 0.3) is 0 Å². The molecule has 2 N–H and O–H groups in total. The first-order valence-corrected chi connectivity index (χ1v) is 8.70. The Hall–Kier alpha value is -0.950. The fourth-order valence-corrected chi connectivity index (χ4v) is 3.92. The largest absolute Gasteiger partial charge is 0.389 e. The van der Waals surface area contributed by atoms with Crippen LogP contribution in [0.1, 0.15) is 32.8 Å². The SMILES string of the molecule is CC(C)NCc1ccc(S(=O)(=O)N2CCC(C)(O)C2)cc1. The summed E-state index contributed by atoms with van der Waals surface area (Å²) in [7, 11) is -3.50. The zero-order chi connectivity index (χ0) is 15.7. The molecule has 1 aliphatic heterocycles. The Morgan fingerprint density at radius 3 is 2.43 bits per heavy atom. The summed E-state index contributed by atoms with van der Waals surface area (Å²) in [5.74, 6) is 0. The Labute approximate surface area is 127 Å². The van der Waals surface area contributed by atoms with Gasteiger partial charge in [0.2, 0.25) is 10.0 Å². The topological polar surface area (TPSA) is 69.6 Å². The Morgan fingerprint density at radius 1 is 1.33 bits per heavy atom. The molecule has 1 heterocycles. The van der Waals surface area contributed by atoms with Gasteiger partial charge < -0.3 is 10.4 Å². The quantitative estimate of drug-likeness (QED) is 0.860.